The number of guanidine groups is 1. The molecule has 0 saturated carbocycles. The minimum absolute atomic E-state index is 0. The molecule has 1 saturated heterocycles. The number of nitrogens with zero attached hydrogens (tertiary/aromatic N) is 2. The molecular weight excluding hydrogens is 427 g/mol. The second-order valence-electron chi connectivity index (χ2n) is 5.74. The van der Waals surface area contributed by atoms with Gasteiger partial charge in [-0.15, -0.1) is 24.0 Å². The third kappa shape index (κ3) is 7.24. The summed E-state index contributed by atoms with van der Waals surface area (Å²) in [4.78, 5) is 6.77. The maximum Gasteiger partial charge on any atom is 0.193 e. The monoisotopic (exact) mass is 452 g/mol. The predicted molar refractivity (Wildman–Crippen MR) is 108 cm³/mol. The lowest BCUT2D eigenvalue weighted by molar-refractivity contribution is -0.0679. The van der Waals surface area contributed by atoms with Gasteiger partial charge in [-0.25, -0.2) is 0 Å². The first-order valence-electron chi connectivity index (χ1n) is 7.74. The van der Waals surface area contributed by atoms with Gasteiger partial charge in [-0.2, -0.15) is 0 Å². The molecule has 7 heteroatoms. The number of anilines is 1. The number of halogens is 2. The Hall–Kier alpha value is -0.570. The molecule has 0 aliphatic carbocycles. The fraction of sp³-hybridized carbons (Fsp3) is 0.562. The zero-order valence-electron chi connectivity index (χ0n) is 13.7. The molecule has 0 radical (unpaired) electrons. The van der Waals surface area contributed by atoms with E-state index in [0.29, 0.717) is 29.7 Å². The Morgan fingerprint density at radius 2 is 2.00 bits per heavy atom. The SMILES string of the molecule is CC1CN(CCCN=C(N)Nc2ccccc2Cl)CC(C)O1.I. The molecule has 1 aromatic carbocycles. The van der Waals surface area contributed by atoms with E-state index in [0.717, 1.165) is 31.7 Å². The van der Waals surface area contributed by atoms with Gasteiger partial charge in [0.05, 0.1) is 22.9 Å². The van der Waals surface area contributed by atoms with Crippen LogP contribution in [0, 0.1) is 0 Å². The standard InChI is InChI=1S/C16H25ClN4O.HI/c1-12-10-21(11-13(2)22-12)9-5-8-19-16(18)20-15-7-4-3-6-14(15)17;/h3-4,6-7,12-13H,5,8-11H2,1-2H3,(H3,18,19,20);1H. The summed E-state index contributed by atoms with van der Waals surface area (Å²) in [6.45, 7) is 7.92. The molecule has 1 fully saturated rings. The van der Waals surface area contributed by atoms with Gasteiger partial charge in [0.1, 0.15) is 0 Å². The fourth-order valence-corrected chi connectivity index (χ4v) is 2.88. The van der Waals surface area contributed by atoms with Crippen molar-refractivity contribution in [2.45, 2.75) is 32.5 Å². The van der Waals surface area contributed by atoms with Crippen LogP contribution in [-0.2, 0) is 4.74 Å². The van der Waals surface area contributed by atoms with E-state index in [2.05, 4.69) is 29.1 Å². The first kappa shape index (κ1) is 20.5. The highest BCUT2D eigenvalue weighted by Crippen LogP contribution is 2.19. The number of nitrogens with two attached hydrogens (primary N) is 1. The summed E-state index contributed by atoms with van der Waals surface area (Å²) in [5, 5.41) is 3.66. The van der Waals surface area contributed by atoms with Crippen LogP contribution in [0.1, 0.15) is 20.3 Å². The highest BCUT2D eigenvalue weighted by Gasteiger charge is 2.21. The van der Waals surface area contributed by atoms with Crippen molar-refractivity contribution in [2.75, 3.05) is 31.5 Å². The van der Waals surface area contributed by atoms with E-state index in [1.54, 1.807) is 0 Å². The first-order chi connectivity index (χ1) is 10.5. The second-order valence-corrected chi connectivity index (χ2v) is 6.15. The van der Waals surface area contributed by atoms with Crippen LogP contribution in [0.4, 0.5) is 5.69 Å². The number of hydrogen-bond acceptors (Lipinski definition) is 3. The van der Waals surface area contributed by atoms with E-state index in [4.69, 9.17) is 22.1 Å². The summed E-state index contributed by atoms with van der Waals surface area (Å²) >= 11 is 6.07. The van der Waals surface area contributed by atoms with E-state index in [1.165, 1.54) is 0 Å². The molecule has 5 nitrogen and oxygen atoms in total. The van der Waals surface area contributed by atoms with Crippen LogP contribution in [0.25, 0.3) is 0 Å². The van der Waals surface area contributed by atoms with Crippen molar-refractivity contribution in [3.05, 3.63) is 29.3 Å². The number of rotatable bonds is 5. The van der Waals surface area contributed by atoms with Gasteiger partial charge in [0, 0.05) is 26.2 Å². The predicted octanol–water partition coefficient (Wildman–Crippen LogP) is 3.18. The third-order valence-electron chi connectivity index (χ3n) is 3.55. The summed E-state index contributed by atoms with van der Waals surface area (Å²) in [5.74, 6) is 0.400. The highest BCUT2D eigenvalue weighted by atomic mass is 127. The molecule has 1 aliphatic heterocycles. The van der Waals surface area contributed by atoms with Crippen LogP contribution >= 0.6 is 35.6 Å². The van der Waals surface area contributed by atoms with E-state index in [-0.39, 0.29) is 24.0 Å². The van der Waals surface area contributed by atoms with E-state index in [1.807, 2.05) is 24.3 Å². The van der Waals surface area contributed by atoms with Crippen molar-refractivity contribution >= 4 is 47.2 Å². The normalized spacial score (nSPS) is 22.5. The Balaban J connectivity index is 0.00000264. The van der Waals surface area contributed by atoms with Crippen LogP contribution in [0.5, 0.6) is 0 Å². The molecule has 1 aliphatic rings. The van der Waals surface area contributed by atoms with Crippen LogP contribution < -0.4 is 11.1 Å². The van der Waals surface area contributed by atoms with Crippen molar-refractivity contribution in [2.24, 2.45) is 10.7 Å². The minimum atomic E-state index is 0. The average molecular weight is 453 g/mol. The lowest BCUT2D eigenvalue weighted by atomic mass is 10.2. The number of para-hydroxylation sites is 1. The Morgan fingerprint density at radius 1 is 1.35 bits per heavy atom. The largest absolute Gasteiger partial charge is 0.373 e. The molecule has 0 amide bonds. The maximum absolute atomic E-state index is 6.07. The molecule has 0 spiro atoms. The zero-order valence-corrected chi connectivity index (χ0v) is 16.8. The topological polar surface area (TPSA) is 62.9 Å². The molecule has 2 unspecified atom stereocenters. The zero-order chi connectivity index (χ0) is 15.9. The summed E-state index contributed by atoms with van der Waals surface area (Å²) in [6.07, 6.45) is 1.59. The van der Waals surface area contributed by atoms with Crippen molar-refractivity contribution in [1.82, 2.24) is 4.90 Å². The van der Waals surface area contributed by atoms with Crippen molar-refractivity contribution in [1.29, 1.82) is 0 Å². The summed E-state index contributed by atoms with van der Waals surface area (Å²) in [5.41, 5.74) is 6.66. The lowest BCUT2D eigenvalue weighted by Crippen LogP contribution is -2.45. The van der Waals surface area contributed by atoms with Crippen LogP contribution in [-0.4, -0.2) is 49.2 Å². The minimum Gasteiger partial charge on any atom is -0.373 e. The number of aliphatic imine (C=N–C) groups is 1. The number of nitrogens with one attached hydrogen (secondary N) is 1. The number of ether oxygens (including phenoxy) is 1. The van der Waals surface area contributed by atoms with Gasteiger partial charge in [0.25, 0.3) is 0 Å². The summed E-state index contributed by atoms with van der Waals surface area (Å²) in [7, 11) is 0. The number of benzene rings is 1. The number of morpholine rings is 1. The Labute approximate surface area is 160 Å². The Kier molecular flexibility index (Phi) is 9.19. The molecule has 1 aromatic rings. The highest BCUT2D eigenvalue weighted by molar-refractivity contribution is 14.0. The quantitative estimate of drug-likeness (QED) is 0.312. The first-order valence-corrected chi connectivity index (χ1v) is 8.11. The van der Waals surface area contributed by atoms with Gasteiger partial charge in [-0.1, -0.05) is 23.7 Å². The van der Waals surface area contributed by atoms with E-state index >= 15 is 0 Å². The van der Waals surface area contributed by atoms with Gasteiger partial charge in [-0.3, -0.25) is 9.89 Å². The fourth-order valence-electron chi connectivity index (χ4n) is 2.70. The molecule has 3 N–H and O–H groups in total. The maximum atomic E-state index is 6.07. The van der Waals surface area contributed by atoms with Gasteiger partial charge < -0.3 is 15.8 Å². The van der Waals surface area contributed by atoms with E-state index < -0.39 is 0 Å². The van der Waals surface area contributed by atoms with Crippen LogP contribution in [0.15, 0.2) is 29.3 Å². The van der Waals surface area contributed by atoms with Crippen molar-refractivity contribution < 1.29 is 4.74 Å². The third-order valence-corrected chi connectivity index (χ3v) is 3.88. The molecule has 2 rings (SSSR count). The second kappa shape index (κ2) is 10.3. The molecule has 1 heterocycles. The summed E-state index contributed by atoms with van der Waals surface area (Å²) < 4.78 is 5.73. The lowest BCUT2D eigenvalue weighted by Gasteiger charge is -2.35. The van der Waals surface area contributed by atoms with Gasteiger partial charge in [0.2, 0.25) is 0 Å². The molecule has 130 valence electrons. The molecule has 0 aromatic heterocycles. The molecule has 23 heavy (non-hydrogen) atoms. The van der Waals surface area contributed by atoms with Crippen molar-refractivity contribution in [3.8, 4) is 0 Å². The van der Waals surface area contributed by atoms with Crippen molar-refractivity contribution in [3.63, 3.8) is 0 Å². The average Bonchev–Trinajstić information content (AvgIpc) is 2.45. The van der Waals surface area contributed by atoms with Crippen LogP contribution in [0.3, 0.4) is 0 Å². The van der Waals surface area contributed by atoms with Crippen LogP contribution in [0.2, 0.25) is 5.02 Å². The number of hydrogen-bond donors (Lipinski definition) is 2. The molecule has 2 atom stereocenters. The smallest absolute Gasteiger partial charge is 0.193 e. The van der Waals surface area contributed by atoms with Gasteiger partial charge >= 0.3 is 0 Å². The molecule has 0 bridgehead atoms. The van der Waals surface area contributed by atoms with Gasteiger partial charge in [-0.05, 0) is 32.4 Å². The summed E-state index contributed by atoms with van der Waals surface area (Å²) in [6, 6.07) is 7.48. The van der Waals surface area contributed by atoms with E-state index in [9.17, 15) is 0 Å². The van der Waals surface area contributed by atoms with Gasteiger partial charge in [0.15, 0.2) is 5.96 Å². The molecular formula is C16H26ClIN4O. The Bertz CT molecular complexity index is 505. The Morgan fingerprint density at radius 3 is 2.65 bits per heavy atom.